The van der Waals surface area contributed by atoms with Crippen LogP contribution in [0.1, 0.15) is 28.3 Å². The molecule has 0 aliphatic rings. The predicted molar refractivity (Wildman–Crippen MR) is 157 cm³/mol. The van der Waals surface area contributed by atoms with Crippen molar-refractivity contribution >= 4 is 12.2 Å². The van der Waals surface area contributed by atoms with Gasteiger partial charge in [0.2, 0.25) is 5.88 Å². The highest BCUT2D eigenvalue weighted by Gasteiger charge is 2.16. The van der Waals surface area contributed by atoms with E-state index in [-0.39, 0.29) is 13.2 Å². The summed E-state index contributed by atoms with van der Waals surface area (Å²) in [6.45, 7) is 2.33. The predicted octanol–water partition coefficient (Wildman–Crippen LogP) is 7.16. The molecule has 9 nitrogen and oxygen atoms in total. The molecule has 0 unspecified atom stereocenters. The van der Waals surface area contributed by atoms with Gasteiger partial charge in [-0.2, -0.15) is 0 Å². The van der Waals surface area contributed by atoms with Crippen LogP contribution in [0.15, 0.2) is 106 Å². The first-order valence-corrected chi connectivity index (χ1v) is 13.3. The Balaban J connectivity index is 1.17. The molecule has 0 N–H and O–H groups in total. The van der Waals surface area contributed by atoms with E-state index in [2.05, 4.69) is 9.97 Å². The van der Waals surface area contributed by atoms with Crippen LogP contribution in [-0.2, 0) is 13.2 Å². The number of benzene rings is 2. The lowest BCUT2D eigenvalue weighted by Gasteiger charge is -2.12. The van der Waals surface area contributed by atoms with Crippen molar-refractivity contribution in [2.24, 2.45) is 0 Å². The molecule has 0 saturated heterocycles. The van der Waals surface area contributed by atoms with Crippen LogP contribution in [0.5, 0.6) is 17.4 Å². The Morgan fingerprint density at radius 2 is 1.76 bits per heavy atom. The molecule has 0 saturated carbocycles. The quantitative estimate of drug-likeness (QED) is 0.165. The van der Waals surface area contributed by atoms with Crippen LogP contribution < -0.4 is 14.2 Å². The van der Waals surface area contributed by atoms with E-state index in [0.29, 0.717) is 40.5 Å². The Labute approximate surface area is 242 Å². The topological polar surface area (TPSA) is 97.6 Å². The fraction of sp³-hybridized carbons (Fsp3) is 0.121. The van der Waals surface area contributed by atoms with Crippen molar-refractivity contribution < 1.29 is 23.0 Å². The number of para-hydroxylation sites is 1. The van der Waals surface area contributed by atoms with E-state index >= 15 is 0 Å². The van der Waals surface area contributed by atoms with Gasteiger partial charge in [-0.25, -0.2) is 9.67 Å². The minimum absolute atomic E-state index is 0.213. The van der Waals surface area contributed by atoms with Crippen molar-refractivity contribution in [3.8, 4) is 34.7 Å². The summed E-state index contributed by atoms with van der Waals surface area (Å²) in [4.78, 5) is 8.87. The monoisotopic (exact) mass is 560 g/mol. The number of hydrogen-bond acceptors (Lipinski definition) is 8. The molecule has 6 aromatic rings. The van der Waals surface area contributed by atoms with Gasteiger partial charge in [-0.15, -0.1) is 5.10 Å². The Bertz CT molecular complexity index is 1770. The molecule has 0 fully saturated rings. The summed E-state index contributed by atoms with van der Waals surface area (Å²) >= 11 is 0. The molecule has 0 aliphatic heterocycles. The van der Waals surface area contributed by atoms with Crippen LogP contribution in [0.2, 0.25) is 0 Å². The summed E-state index contributed by atoms with van der Waals surface area (Å²) < 4.78 is 30.8. The van der Waals surface area contributed by atoms with Crippen LogP contribution in [0.3, 0.4) is 0 Å². The third kappa shape index (κ3) is 6.10. The van der Waals surface area contributed by atoms with Crippen LogP contribution >= 0.6 is 0 Å². The highest BCUT2D eigenvalue weighted by molar-refractivity contribution is 5.70. The van der Waals surface area contributed by atoms with Crippen molar-refractivity contribution in [2.75, 3.05) is 7.11 Å². The Morgan fingerprint density at radius 3 is 2.55 bits per heavy atom. The molecule has 4 heterocycles. The average Bonchev–Trinajstić information content (AvgIpc) is 3.79. The van der Waals surface area contributed by atoms with Crippen LogP contribution in [0, 0.1) is 6.92 Å². The second kappa shape index (κ2) is 12.3. The summed E-state index contributed by atoms with van der Waals surface area (Å²) in [6, 6.07) is 24.9. The van der Waals surface area contributed by atoms with E-state index in [4.69, 9.17) is 28.1 Å². The number of pyridine rings is 1. The second-order valence-electron chi connectivity index (χ2n) is 9.32. The molecule has 0 atom stereocenters. The van der Waals surface area contributed by atoms with E-state index in [9.17, 15) is 0 Å². The van der Waals surface area contributed by atoms with Crippen molar-refractivity contribution in [3.05, 3.63) is 126 Å². The number of furan rings is 1. The lowest BCUT2D eigenvalue weighted by atomic mass is 10.2. The third-order valence-corrected chi connectivity index (χ3v) is 6.44. The molecule has 0 aliphatic carbocycles. The van der Waals surface area contributed by atoms with Crippen molar-refractivity contribution in [2.45, 2.75) is 20.1 Å². The molecule has 2 aromatic carbocycles. The smallest absolute Gasteiger partial charge is 0.263 e. The maximum absolute atomic E-state index is 6.21. The van der Waals surface area contributed by atoms with Gasteiger partial charge in [0.05, 0.1) is 30.3 Å². The van der Waals surface area contributed by atoms with Gasteiger partial charge in [0.15, 0.2) is 17.3 Å². The van der Waals surface area contributed by atoms with Gasteiger partial charge in [0, 0.05) is 12.4 Å². The highest BCUT2D eigenvalue weighted by Crippen LogP contribution is 2.31. The lowest BCUT2D eigenvalue weighted by molar-refractivity contribution is 0.275. The molecule has 0 spiro atoms. The summed E-state index contributed by atoms with van der Waals surface area (Å²) in [7, 11) is 1.60. The number of aryl methyl sites for hydroxylation is 1. The van der Waals surface area contributed by atoms with Crippen molar-refractivity contribution in [3.63, 3.8) is 0 Å². The molecule has 0 bridgehead atoms. The van der Waals surface area contributed by atoms with Gasteiger partial charge in [0.25, 0.3) is 5.89 Å². The molecule has 4 aromatic heterocycles. The number of oxazole rings is 1. The van der Waals surface area contributed by atoms with Crippen molar-refractivity contribution in [1.82, 2.24) is 19.7 Å². The normalized spacial score (nSPS) is 11.2. The van der Waals surface area contributed by atoms with Gasteiger partial charge in [-0.05, 0) is 73.2 Å². The molecule has 6 rings (SSSR count). The summed E-state index contributed by atoms with van der Waals surface area (Å²) in [6.07, 6.45) is 9.16. The minimum atomic E-state index is 0.213. The summed E-state index contributed by atoms with van der Waals surface area (Å²) in [5, 5.41) is 4.70. The number of nitrogens with zero attached hydrogens (tertiary/aromatic N) is 4. The molecular formula is C33H28N4O5. The zero-order valence-electron chi connectivity index (χ0n) is 23.1. The molecule has 9 heteroatoms. The molecular weight excluding hydrogens is 532 g/mol. The molecule has 0 radical (unpaired) electrons. The Hall–Kier alpha value is -5.57. The van der Waals surface area contributed by atoms with E-state index in [1.807, 2.05) is 92.0 Å². The molecule has 210 valence electrons. The van der Waals surface area contributed by atoms with Crippen LogP contribution in [0.4, 0.5) is 0 Å². The van der Waals surface area contributed by atoms with Gasteiger partial charge < -0.3 is 23.0 Å². The zero-order valence-corrected chi connectivity index (χ0v) is 23.1. The fourth-order valence-electron chi connectivity index (χ4n) is 4.25. The maximum Gasteiger partial charge on any atom is 0.263 e. The Morgan fingerprint density at radius 1 is 0.881 bits per heavy atom. The van der Waals surface area contributed by atoms with E-state index in [1.165, 1.54) is 0 Å². The van der Waals surface area contributed by atoms with Crippen LogP contribution in [0.25, 0.3) is 29.5 Å². The van der Waals surface area contributed by atoms with Gasteiger partial charge in [0.1, 0.15) is 24.7 Å². The first-order valence-electron chi connectivity index (χ1n) is 13.3. The second-order valence-corrected chi connectivity index (χ2v) is 9.32. The number of aromatic nitrogens is 4. The number of methoxy groups -OCH3 is 1. The summed E-state index contributed by atoms with van der Waals surface area (Å²) in [5.74, 6) is 3.30. The van der Waals surface area contributed by atoms with E-state index < -0.39 is 0 Å². The zero-order chi connectivity index (χ0) is 28.7. The van der Waals surface area contributed by atoms with Gasteiger partial charge in [-0.1, -0.05) is 30.3 Å². The van der Waals surface area contributed by atoms with E-state index in [0.717, 1.165) is 22.5 Å². The first-order chi connectivity index (χ1) is 20.7. The standard InChI is InChI=1S/C33H28N4O5/c1-23-28(35-33(42-23)30-12-8-18-39-30)22-40-29-16-13-24(19-31(29)38-2)21-41-32-25(14-15-26-9-6-7-17-34-26)20-37(36-32)27-10-4-3-5-11-27/h3-20H,21-22H2,1-2H3/b15-14+. The average molecular weight is 561 g/mol. The largest absolute Gasteiger partial charge is 0.493 e. The Kier molecular flexibility index (Phi) is 7.80. The van der Waals surface area contributed by atoms with Crippen molar-refractivity contribution in [1.29, 1.82) is 0 Å². The SMILES string of the molecule is COc1cc(COc2nn(-c3ccccc3)cc2/C=C/c2ccccn2)ccc1OCc1nc(-c2ccco2)oc1C. The number of ether oxygens (including phenoxy) is 3. The highest BCUT2D eigenvalue weighted by atomic mass is 16.5. The van der Waals surface area contributed by atoms with Crippen LogP contribution in [-0.4, -0.2) is 26.9 Å². The van der Waals surface area contributed by atoms with Gasteiger partial charge in [-0.3, -0.25) is 4.98 Å². The maximum atomic E-state index is 6.21. The lowest BCUT2D eigenvalue weighted by Crippen LogP contribution is -2.02. The first kappa shape index (κ1) is 26.6. The summed E-state index contributed by atoms with van der Waals surface area (Å²) in [5.41, 5.74) is 4.17. The fourth-order valence-corrected chi connectivity index (χ4v) is 4.25. The van der Waals surface area contributed by atoms with E-state index in [1.54, 1.807) is 36.4 Å². The number of rotatable bonds is 11. The third-order valence-electron chi connectivity index (χ3n) is 6.44. The molecule has 0 amide bonds. The van der Waals surface area contributed by atoms with Gasteiger partial charge >= 0.3 is 0 Å². The minimum Gasteiger partial charge on any atom is -0.493 e. The molecule has 42 heavy (non-hydrogen) atoms. The number of hydrogen-bond donors (Lipinski definition) is 0.